The molecule has 0 amide bonds. The minimum absolute atomic E-state index is 1.28. The Balaban J connectivity index is -0.000000205. The van der Waals surface area contributed by atoms with Gasteiger partial charge in [0, 0.05) is 6.92 Å². The van der Waals surface area contributed by atoms with Gasteiger partial charge in [-0.05, 0) is 27.7 Å². The largest absolute Gasteiger partial charge is 0.512 e. The van der Waals surface area contributed by atoms with E-state index in [9.17, 15) is 0 Å². The van der Waals surface area contributed by atoms with Crippen molar-refractivity contribution in [1.29, 1.82) is 10.5 Å². The van der Waals surface area contributed by atoms with Crippen molar-refractivity contribution in [3.8, 4) is 6.07 Å². The van der Waals surface area contributed by atoms with Crippen LogP contribution in [0.4, 0.5) is 0 Å². The molecule has 0 aliphatic carbocycles. The first-order chi connectivity index (χ1) is 6.66. The van der Waals surface area contributed by atoms with Crippen LogP contribution in [0.3, 0.4) is 0 Å². The normalized spacial score (nSPS) is 8.43. The molecular formula is C11H23N3. The Kier molecular flexibility index (Phi) is 19.3. The van der Waals surface area contributed by atoms with Gasteiger partial charge in [0.05, 0.1) is 32.2 Å². The highest BCUT2D eigenvalue weighted by Gasteiger charge is 2.16. The van der Waals surface area contributed by atoms with Crippen molar-refractivity contribution in [2.75, 3.05) is 26.2 Å². The fraction of sp³-hybridized carbons (Fsp3) is 0.818. The lowest BCUT2D eigenvalue weighted by Gasteiger charge is -2.34. The zero-order valence-electron chi connectivity index (χ0n) is 10.2. The SMILES string of the molecule is CC#N.CC[N+](CC)(CC)CC.[C-]#N. The van der Waals surface area contributed by atoms with Crippen molar-refractivity contribution in [1.82, 2.24) is 0 Å². The fourth-order valence-electron chi connectivity index (χ4n) is 1.34. The maximum atomic E-state index is 7.32. The highest BCUT2D eigenvalue weighted by atomic mass is 15.3. The summed E-state index contributed by atoms with van der Waals surface area (Å²) in [6, 6.07) is 1.75. The van der Waals surface area contributed by atoms with E-state index in [2.05, 4.69) is 27.7 Å². The van der Waals surface area contributed by atoms with Gasteiger partial charge in [0.2, 0.25) is 0 Å². The summed E-state index contributed by atoms with van der Waals surface area (Å²) in [6.07, 6.45) is 0. The zero-order valence-corrected chi connectivity index (χ0v) is 10.2. The summed E-state index contributed by atoms with van der Waals surface area (Å²) in [5.74, 6) is 0. The molecule has 0 aliphatic rings. The lowest BCUT2D eigenvalue weighted by Crippen LogP contribution is -2.47. The molecule has 3 nitrogen and oxygen atoms in total. The predicted molar refractivity (Wildman–Crippen MR) is 58.7 cm³/mol. The van der Waals surface area contributed by atoms with Crippen LogP contribution in [0.2, 0.25) is 0 Å². The summed E-state index contributed by atoms with van der Waals surface area (Å²) in [6.45, 7) is 20.4. The molecule has 82 valence electrons. The molecule has 3 heteroatoms. The van der Waals surface area contributed by atoms with Crippen LogP contribution in [0, 0.1) is 23.2 Å². The number of quaternary nitrogens is 1. The van der Waals surface area contributed by atoms with Crippen LogP contribution in [0.1, 0.15) is 34.6 Å². The maximum Gasteiger partial charge on any atom is 0.0757 e. The van der Waals surface area contributed by atoms with Crippen molar-refractivity contribution in [3.63, 3.8) is 0 Å². The van der Waals surface area contributed by atoms with E-state index in [0.29, 0.717) is 0 Å². The number of hydrogen-bond acceptors (Lipinski definition) is 2. The van der Waals surface area contributed by atoms with Crippen molar-refractivity contribution in [2.45, 2.75) is 34.6 Å². The lowest BCUT2D eigenvalue weighted by molar-refractivity contribution is -0.921. The molecule has 0 saturated heterocycles. The maximum absolute atomic E-state index is 7.32. The van der Waals surface area contributed by atoms with Crippen LogP contribution < -0.4 is 0 Å². The number of hydrogen-bond donors (Lipinski definition) is 0. The molecular weight excluding hydrogens is 174 g/mol. The molecule has 0 spiro atoms. The van der Waals surface area contributed by atoms with E-state index >= 15 is 0 Å². The fourth-order valence-corrected chi connectivity index (χ4v) is 1.34. The molecule has 0 radical (unpaired) electrons. The van der Waals surface area contributed by atoms with Gasteiger partial charge in [-0.25, -0.2) is 0 Å². The highest BCUT2D eigenvalue weighted by Crippen LogP contribution is 2.03. The molecule has 0 unspecified atom stereocenters. The molecule has 0 heterocycles. The van der Waals surface area contributed by atoms with Gasteiger partial charge in [-0.1, -0.05) is 0 Å². The lowest BCUT2D eigenvalue weighted by atomic mass is 10.3. The molecule has 0 atom stereocenters. The van der Waals surface area contributed by atoms with Crippen LogP contribution in [0.5, 0.6) is 0 Å². The van der Waals surface area contributed by atoms with Crippen LogP contribution in [-0.4, -0.2) is 30.7 Å². The number of nitriles is 1. The molecule has 0 fully saturated rings. The first-order valence-electron chi connectivity index (χ1n) is 5.04. The topological polar surface area (TPSA) is 47.6 Å². The Morgan fingerprint density at radius 3 is 1.07 bits per heavy atom. The first kappa shape index (κ1) is 18.7. The number of nitrogens with zero attached hydrogens (tertiary/aromatic N) is 3. The van der Waals surface area contributed by atoms with Gasteiger partial charge in [0.15, 0.2) is 0 Å². The Labute approximate surface area is 89.2 Å². The molecule has 0 N–H and O–H groups in total. The third kappa shape index (κ3) is 9.03. The average Bonchev–Trinajstić information content (AvgIpc) is 2.26. The molecule has 14 heavy (non-hydrogen) atoms. The Hall–Kier alpha value is -1.06. The van der Waals surface area contributed by atoms with Gasteiger partial charge in [0.1, 0.15) is 0 Å². The molecule has 0 aromatic rings. The Bertz CT molecular complexity index is 134. The average molecular weight is 197 g/mol. The van der Waals surface area contributed by atoms with Crippen molar-refractivity contribution < 1.29 is 4.48 Å². The van der Waals surface area contributed by atoms with Gasteiger partial charge in [0.25, 0.3) is 0 Å². The third-order valence-electron chi connectivity index (χ3n) is 2.68. The Morgan fingerprint density at radius 1 is 0.929 bits per heavy atom. The van der Waals surface area contributed by atoms with Gasteiger partial charge < -0.3 is 16.3 Å². The second-order valence-electron chi connectivity index (χ2n) is 2.83. The van der Waals surface area contributed by atoms with E-state index in [1.54, 1.807) is 6.07 Å². The van der Waals surface area contributed by atoms with E-state index < -0.39 is 0 Å². The third-order valence-corrected chi connectivity index (χ3v) is 2.68. The van der Waals surface area contributed by atoms with Crippen molar-refractivity contribution in [3.05, 3.63) is 6.57 Å². The first-order valence-corrected chi connectivity index (χ1v) is 5.04. The summed E-state index contributed by atoms with van der Waals surface area (Å²) in [7, 11) is 0. The highest BCUT2D eigenvalue weighted by molar-refractivity contribution is 4.51. The second kappa shape index (κ2) is 14.5. The van der Waals surface area contributed by atoms with Crippen LogP contribution in [0.15, 0.2) is 0 Å². The summed E-state index contributed by atoms with van der Waals surface area (Å²) >= 11 is 0. The minimum atomic E-state index is 1.28. The molecule has 0 rings (SSSR count). The summed E-state index contributed by atoms with van der Waals surface area (Å²) in [4.78, 5) is 0. The molecule has 0 aliphatic heterocycles. The van der Waals surface area contributed by atoms with E-state index in [1.807, 2.05) is 0 Å². The Morgan fingerprint density at radius 2 is 1.07 bits per heavy atom. The minimum Gasteiger partial charge on any atom is -0.512 e. The van der Waals surface area contributed by atoms with Gasteiger partial charge in [-0.2, -0.15) is 5.26 Å². The van der Waals surface area contributed by atoms with Crippen LogP contribution >= 0.6 is 0 Å². The van der Waals surface area contributed by atoms with Crippen LogP contribution in [0.25, 0.3) is 0 Å². The van der Waals surface area contributed by atoms with E-state index in [4.69, 9.17) is 17.1 Å². The van der Waals surface area contributed by atoms with E-state index in [0.717, 1.165) is 0 Å². The van der Waals surface area contributed by atoms with Crippen molar-refractivity contribution >= 4 is 0 Å². The van der Waals surface area contributed by atoms with Crippen molar-refractivity contribution in [2.24, 2.45) is 0 Å². The molecule has 0 aromatic carbocycles. The molecule has 0 aromatic heterocycles. The molecule has 0 saturated carbocycles. The van der Waals surface area contributed by atoms with Gasteiger partial charge in [-0.3, -0.25) is 0 Å². The smallest absolute Gasteiger partial charge is 0.0757 e. The van der Waals surface area contributed by atoms with E-state index in [1.165, 1.54) is 37.6 Å². The van der Waals surface area contributed by atoms with Gasteiger partial charge >= 0.3 is 0 Å². The summed E-state index contributed by atoms with van der Waals surface area (Å²) < 4.78 is 1.28. The second-order valence-corrected chi connectivity index (χ2v) is 2.83. The summed E-state index contributed by atoms with van der Waals surface area (Å²) in [5, 5.41) is 13.6. The standard InChI is InChI=1S/C8H20N.C2H3N.CN/c1-5-9(6-2,7-3)8-4;1-2-3;1-2/h5-8H2,1-4H3;1H3;/q+1;;-1. The zero-order chi connectivity index (χ0) is 12.0. The quantitative estimate of drug-likeness (QED) is 0.513. The van der Waals surface area contributed by atoms with Gasteiger partial charge in [-0.15, -0.1) is 0 Å². The summed E-state index contributed by atoms with van der Waals surface area (Å²) in [5.41, 5.74) is 0. The number of rotatable bonds is 4. The van der Waals surface area contributed by atoms with E-state index in [-0.39, 0.29) is 0 Å². The molecule has 0 bridgehead atoms. The monoisotopic (exact) mass is 197 g/mol. The van der Waals surface area contributed by atoms with Crippen LogP contribution in [-0.2, 0) is 0 Å². The predicted octanol–water partition coefficient (Wildman–Crippen LogP) is 2.51.